The van der Waals surface area contributed by atoms with E-state index in [1.807, 2.05) is 43.8 Å². The number of aromatic nitrogens is 3. The lowest BCUT2D eigenvalue weighted by Gasteiger charge is -2.07. The van der Waals surface area contributed by atoms with E-state index in [0.29, 0.717) is 18.0 Å². The second-order valence-electron chi connectivity index (χ2n) is 6.10. The average molecular weight is 320 g/mol. The number of imidazole rings is 1. The van der Waals surface area contributed by atoms with Gasteiger partial charge in [0.25, 0.3) is 0 Å². The van der Waals surface area contributed by atoms with Gasteiger partial charge in [0.15, 0.2) is 0 Å². The van der Waals surface area contributed by atoms with Crippen LogP contribution in [0.1, 0.15) is 25.2 Å². The van der Waals surface area contributed by atoms with E-state index >= 15 is 0 Å². The van der Waals surface area contributed by atoms with Gasteiger partial charge in [-0.05, 0) is 24.1 Å². The van der Waals surface area contributed by atoms with E-state index in [0.717, 1.165) is 33.5 Å². The third-order valence-electron chi connectivity index (χ3n) is 4.12. The summed E-state index contributed by atoms with van der Waals surface area (Å²) in [7, 11) is 1.97. The van der Waals surface area contributed by atoms with Crippen molar-refractivity contribution in [1.82, 2.24) is 19.9 Å². The molecule has 6 nitrogen and oxygen atoms in total. The molecule has 2 heterocycles. The highest BCUT2D eigenvalue weighted by atomic mass is 15.1. The molecule has 0 bridgehead atoms. The minimum absolute atomic E-state index is 0.301. The fourth-order valence-corrected chi connectivity index (χ4v) is 2.60. The van der Waals surface area contributed by atoms with Crippen LogP contribution in [0.25, 0.3) is 21.9 Å². The monoisotopic (exact) mass is 320 g/mol. The number of fused-ring (bicyclic) bond motifs is 3. The summed E-state index contributed by atoms with van der Waals surface area (Å²) in [6.45, 7) is 4.67. The van der Waals surface area contributed by atoms with Gasteiger partial charge in [-0.3, -0.25) is 4.98 Å². The van der Waals surface area contributed by atoms with E-state index < -0.39 is 0 Å². The minimum Gasteiger partial charge on any atom is -0.401 e. The number of allylic oxidation sites excluding steroid dienone is 1. The predicted molar refractivity (Wildman–Crippen MR) is 94.7 cm³/mol. The lowest BCUT2D eigenvalue weighted by Crippen LogP contribution is -2.15. The van der Waals surface area contributed by atoms with Crippen LogP contribution in [0.2, 0.25) is 0 Å². The molecule has 0 aliphatic heterocycles. The first-order chi connectivity index (χ1) is 11.5. The molecule has 3 aromatic rings. The van der Waals surface area contributed by atoms with E-state index in [1.165, 1.54) is 0 Å². The van der Waals surface area contributed by atoms with Gasteiger partial charge in [-0.2, -0.15) is 5.26 Å². The summed E-state index contributed by atoms with van der Waals surface area (Å²) in [5.41, 5.74) is 10.0. The van der Waals surface area contributed by atoms with Gasteiger partial charge in [-0.25, -0.2) is 4.98 Å². The van der Waals surface area contributed by atoms with E-state index in [9.17, 15) is 0 Å². The molecule has 3 rings (SSSR count). The van der Waals surface area contributed by atoms with Gasteiger partial charge < -0.3 is 15.6 Å². The summed E-state index contributed by atoms with van der Waals surface area (Å²) in [5, 5.41) is 13.3. The Labute approximate surface area is 140 Å². The second kappa shape index (κ2) is 6.20. The van der Waals surface area contributed by atoms with E-state index in [1.54, 1.807) is 12.3 Å². The number of nitrogens with zero attached hydrogens (tertiary/aromatic N) is 4. The first-order valence-electron chi connectivity index (χ1n) is 7.84. The maximum atomic E-state index is 9.14. The molecule has 0 unspecified atom stereocenters. The number of benzene rings is 1. The zero-order valence-corrected chi connectivity index (χ0v) is 14.0. The molecule has 0 saturated heterocycles. The molecule has 1 aromatic carbocycles. The van der Waals surface area contributed by atoms with Crippen molar-refractivity contribution in [2.75, 3.05) is 0 Å². The molecule has 6 heteroatoms. The molecular formula is C18H20N6. The Morgan fingerprint density at radius 2 is 2.21 bits per heavy atom. The van der Waals surface area contributed by atoms with Crippen molar-refractivity contribution in [2.45, 2.75) is 20.4 Å². The molecule has 0 aliphatic carbocycles. The molecule has 0 atom stereocenters. The molecule has 0 aliphatic rings. The Balaban J connectivity index is 2.03. The third kappa shape index (κ3) is 2.76. The van der Waals surface area contributed by atoms with Crippen LogP contribution in [0, 0.1) is 17.2 Å². The number of nitrogens with one attached hydrogen (secondary N) is 1. The Kier molecular flexibility index (Phi) is 4.09. The Morgan fingerprint density at radius 3 is 2.92 bits per heavy atom. The molecule has 0 amide bonds. The third-order valence-corrected chi connectivity index (χ3v) is 4.12. The van der Waals surface area contributed by atoms with Crippen LogP contribution in [0.4, 0.5) is 0 Å². The molecule has 0 radical (unpaired) electrons. The van der Waals surface area contributed by atoms with Crippen LogP contribution in [-0.4, -0.2) is 14.5 Å². The molecular weight excluding hydrogens is 300 g/mol. The quantitative estimate of drug-likeness (QED) is 0.770. The zero-order chi connectivity index (χ0) is 17.3. The van der Waals surface area contributed by atoms with Crippen molar-refractivity contribution in [3.05, 3.63) is 47.7 Å². The van der Waals surface area contributed by atoms with Crippen molar-refractivity contribution in [3.63, 3.8) is 0 Å². The topological polar surface area (TPSA) is 92.6 Å². The maximum Gasteiger partial charge on any atom is 0.129 e. The minimum atomic E-state index is 0.301. The molecule has 24 heavy (non-hydrogen) atoms. The molecule has 122 valence electrons. The lowest BCUT2D eigenvalue weighted by molar-refractivity contribution is 0.707. The number of hydrogen-bond acceptors (Lipinski definition) is 5. The van der Waals surface area contributed by atoms with Crippen molar-refractivity contribution in [3.8, 4) is 6.07 Å². The average Bonchev–Trinajstić information content (AvgIpc) is 2.90. The molecule has 3 N–H and O–H groups in total. The zero-order valence-electron chi connectivity index (χ0n) is 14.0. The van der Waals surface area contributed by atoms with Crippen LogP contribution in [0.15, 0.2) is 36.3 Å². The van der Waals surface area contributed by atoms with E-state index in [-0.39, 0.29) is 0 Å². The van der Waals surface area contributed by atoms with Crippen LogP contribution < -0.4 is 11.1 Å². The smallest absolute Gasteiger partial charge is 0.129 e. The summed E-state index contributed by atoms with van der Waals surface area (Å²) < 4.78 is 2.03. The highest BCUT2D eigenvalue weighted by molar-refractivity contribution is 6.02. The summed E-state index contributed by atoms with van der Waals surface area (Å²) in [4.78, 5) is 9.08. The first kappa shape index (κ1) is 15.8. The highest BCUT2D eigenvalue weighted by Crippen LogP contribution is 2.24. The highest BCUT2D eigenvalue weighted by Gasteiger charge is 2.12. The number of nitrogens with two attached hydrogens (primary N) is 1. The van der Waals surface area contributed by atoms with Gasteiger partial charge in [-0.1, -0.05) is 13.8 Å². The van der Waals surface area contributed by atoms with E-state index in [2.05, 4.69) is 21.4 Å². The maximum absolute atomic E-state index is 9.14. The van der Waals surface area contributed by atoms with E-state index in [4.69, 9.17) is 11.0 Å². The number of hydrogen-bond donors (Lipinski definition) is 2. The Hall–Kier alpha value is -3.07. The largest absolute Gasteiger partial charge is 0.401 e. The SMILES string of the molecule is CC(C)/C(N)=C/NCc1nc2cnc3ccc(C#N)cc3c2n1C. The van der Waals surface area contributed by atoms with Gasteiger partial charge in [0.2, 0.25) is 0 Å². The lowest BCUT2D eigenvalue weighted by atomic mass is 10.1. The number of aryl methyl sites for hydroxylation is 1. The summed E-state index contributed by atoms with van der Waals surface area (Å²) in [6, 6.07) is 7.68. The fourth-order valence-electron chi connectivity index (χ4n) is 2.60. The number of nitriles is 1. The Morgan fingerprint density at radius 1 is 1.42 bits per heavy atom. The summed E-state index contributed by atoms with van der Waals surface area (Å²) >= 11 is 0. The van der Waals surface area contributed by atoms with Crippen LogP contribution in [0.3, 0.4) is 0 Å². The van der Waals surface area contributed by atoms with Gasteiger partial charge in [0, 0.05) is 24.3 Å². The standard InChI is InChI=1S/C18H20N6/c1-11(2)14(20)8-21-10-17-23-16-9-22-15-5-4-12(7-19)6-13(15)18(16)24(17)3/h4-6,8-9,11,21H,10,20H2,1-3H3/b14-8-. The fraction of sp³-hybridized carbons (Fsp3) is 0.278. The molecule has 0 spiro atoms. The predicted octanol–water partition coefficient (Wildman–Crippen LogP) is 2.54. The molecule has 2 aromatic heterocycles. The first-order valence-corrected chi connectivity index (χ1v) is 7.84. The van der Waals surface area contributed by atoms with Gasteiger partial charge in [0.1, 0.15) is 11.3 Å². The van der Waals surface area contributed by atoms with Crippen molar-refractivity contribution in [2.24, 2.45) is 18.7 Å². The van der Waals surface area contributed by atoms with Gasteiger partial charge >= 0.3 is 0 Å². The van der Waals surface area contributed by atoms with Gasteiger partial charge in [0.05, 0.1) is 35.4 Å². The van der Waals surface area contributed by atoms with Crippen molar-refractivity contribution in [1.29, 1.82) is 5.26 Å². The number of rotatable bonds is 4. The van der Waals surface area contributed by atoms with Crippen molar-refractivity contribution < 1.29 is 0 Å². The second-order valence-corrected chi connectivity index (χ2v) is 6.10. The van der Waals surface area contributed by atoms with Crippen molar-refractivity contribution >= 4 is 21.9 Å². The molecule has 0 fully saturated rings. The summed E-state index contributed by atoms with van der Waals surface area (Å²) in [5.74, 6) is 1.19. The number of pyridine rings is 1. The molecule has 0 saturated carbocycles. The Bertz CT molecular complexity index is 974. The van der Waals surface area contributed by atoms with Gasteiger partial charge in [-0.15, -0.1) is 0 Å². The van der Waals surface area contributed by atoms with Crippen LogP contribution in [-0.2, 0) is 13.6 Å². The van der Waals surface area contributed by atoms with Crippen LogP contribution >= 0.6 is 0 Å². The summed E-state index contributed by atoms with van der Waals surface area (Å²) in [6.07, 6.45) is 3.60. The van der Waals surface area contributed by atoms with Crippen LogP contribution in [0.5, 0.6) is 0 Å². The normalized spacial score (nSPS) is 12.0.